The summed E-state index contributed by atoms with van der Waals surface area (Å²) in [5.74, 6) is 3.34. The number of amides is 1. The van der Waals surface area contributed by atoms with Gasteiger partial charge in [-0.05, 0) is 42.6 Å². The molecule has 0 spiro atoms. The highest BCUT2D eigenvalue weighted by Crippen LogP contribution is 2.38. The molecule has 0 bridgehead atoms. The molecule has 0 saturated carbocycles. The van der Waals surface area contributed by atoms with Crippen molar-refractivity contribution in [2.24, 2.45) is 23.7 Å². The molecule has 3 atom stereocenters. The molecule has 0 unspecified atom stereocenters. The molecule has 0 radical (unpaired) electrons. The average molecular weight is 417 g/mol. The minimum absolute atomic E-state index is 0.0203. The van der Waals surface area contributed by atoms with E-state index in [4.69, 9.17) is 6.42 Å². The van der Waals surface area contributed by atoms with Crippen LogP contribution in [0.4, 0.5) is 0 Å². The van der Waals surface area contributed by atoms with Crippen LogP contribution in [0.5, 0.6) is 0 Å². The lowest BCUT2D eigenvalue weighted by atomic mass is 9.70. The van der Waals surface area contributed by atoms with E-state index in [0.717, 1.165) is 17.6 Å². The maximum atomic E-state index is 12.5. The second-order valence-corrected chi connectivity index (χ2v) is 10.0. The van der Waals surface area contributed by atoms with E-state index in [0.29, 0.717) is 24.8 Å². The minimum atomic E-state index is -3.41. The van der Waals surface area contributed by atoms with Crippen LogP contribution in [0.2, 0.25) is 0 Å². The zero-order chi connectivity index (χ0) is 21.4. The maximum Gasteiger partial charge on any atom is 0.221 e. The number of hydrogen-bond donors (Lipinski definition) is 2. The minimum Gasteiger partial charge on any atom is -0.345 e. The lowest BCUT2D eigenvalue weighted by Gasteiger charge is -2.37. The Hall–Kier alpha value is -2.10. The molecule has 5 nitrogen and oxygen atoms in total. The standard InChI is InChI=1S/C23H32N2O3S/c1-5-11-24-23(26)14-20-13-22(17(2)3)21(12-18(20)4)15-25-29(27,28)16-19-9-7-6-8-10-19/h1,6-10,12,17,20-22,25H,11,13-16H2,2-4H3,(H,24,26)/t20-,21-,22-/m0/s1. The summed E-state index contributed by atoms with van der Waals surface area (Å²) < 4.78 is 27.8. The van der Waals surface area contributed by atoms with Crippen molar-refractivity contribution in [2.45, 2.75) is 39.4 Å². The Kier molecular flexibility index (Phi) is 8.48. The number of carbonyl (C=O) groups excluding carboxylic acids is 1. The van der Waals surface area contributed by atoms with Crippen molar-refractivity contribution in [1.29, 1.82) is 0 Å². The highest BCUT2D eigenvalue weighted by Gasteiger charge is 2.33. The quantitative estimate of drug-likeness (QED) is 0.480. The molecule has 1 aliphatic rings. The Balaban J connectivity index is 2.03. The molecule has 0 saturated heterocycles. The molecule has 2 rings (SSSR count). The number of rotatable bonds is 9. The molecule has 1 aromatic rings. The van der Waals surface area contributed by atoms with Crippen molar-refractivity contribution in [1.82, 2.24) is 10.0 Å². The van der Waals surface area contributed by atoms with Crippen LogP contribution in [0.25, 0.3) is 0 Å². The molecule has 0 aromatic heterocycles. The van der Waals surface area contributed by atoms with Gasteiger partial charge in [0.25, 0.3) is 0 Å². The maximum absolute atomic E-state index is 12.5. The molecule has 1 aliphatic carbocycles. The van der Waals surface area contributed by atoms with Gasteiger partial charge in [-0.2, -0.15) is 0 Å². The number of terminal acetylenes is 1. The molecule has 29 heavy (non-hydrogen) atoms. The number of nitrogens with one attached hydrogen (secondary N) is 2. The van der Waals surface area contributed by atoms with E-state index in [1.54, 1.807) is 0 Å². The monoisotopic (exact) mass is 416 g/mol. The summed E-state index contributed by atoms with van der Waals surface area (Å²) in [7, 11) is -3.41. The summed E-state index contributed by atoms with van der Waals surface area (Å²) in [6.45, 7) is 6.96. The van der Waals surface area contributed by atoms with E-state index in [2.05, 4.69) is 35.9 Å². The van der Waals surface area contributed by atoms with Gasteiger partial charge in [0, 0.05) is 13.0 Å². The predicted molar refractivity (Wildman–Crippen MR) is 117 cm³/mol. The van der Waals surface area contributed by atoms with E-state index in [9.17, 15) is 13.2 Å². The van der Waals surface area contributed by atoms with Crippen LogP contribution < -0.4 is 10.0 Å². The summed E-state index contributed by atoms with van der Waals surface area (Å²) >= 11 is 0. The van der Waals surface area contributed by atoms with E-state index >= 15 is 0 Å². The van der Waals surface area contributed by atoms with Crippen molar-refractivity contribution in [3.8, 4) is 12.3 Å². The second-order valence-electron chi connectivity index (χ2n) is 8.19. The Morgan fingerprint density at radius 2 is 1.97 bits per heavy atom. The van der Waals surface area contributed by atoms with Gasteiger partial charge in [0.05, 0.1) is 12.3 Å². The molecule has 1 amide bonds. The summed E-state index contributed by atoms with van der Waals surface area (Å²) in [5, 5.41) is 2.73. The Morgan fingerprint density at radius 3 is 2.59 bits per heavy atom. The fraction of sp³-hybridized carbons (Fsp3) is 0.522. The van der Waals surface area contributed by atoms with Crippen molar-refractivity contribution in [2.75, 3.05) is 13.1 Å². The highest BCUT2D eigenvalue weighted by molar-refractivity contribution is 7.88. The van der Waals surface area contributed by atoms with Crippen molar-refractivity contribution in [3.05, 3.63) is 47.5 Å². The van der Waals surface area contributed by atoms with Gasteiger partial charge < -0.3 is 5.32 Å². The summed E-state index contributed by atoms with van der Waals surface area (Å²) in [6.07, 6.45) is 8.64. The van der Waals surface area contributed by atoms with Crippen LogP contribution in [-0.2, 0) is 20.6 Å². The topological polar surface area (TPSA) is 75.3 Å². The third kappa shape index (κ3) is 7.34. The Bertz CT molecular complexity index is 854. The largest absolute Gasteiger partial charge is 0.345 e. The first-order valence-electron chi connectivity index (χ1n) is 10.1. The third-order valence-electron chi connectivity index (χ3n) is 5.64. The van der Waals surface area contributed by atoms with Crippen molar-refractivity contribution < 1.29 is 13.2 Å². The summed E-state index contributed by atoms with van der Waals surface area (Å²) in [6, 6.07) is 9.18. The molecular weight excluding hydrogens is 384 g/mol. The molecule has 0 fully saturated rings. The van der Waals surface area contributed by atoms with Gasteiger partial charge in [0.2, 0.25) is 15.9 Å². The lowest BCUT2D eigenvalue weighted by molar-refractivity contribution is -0.121. The smallest absolute Gasteiger partial charge is 0.221 e. The van der Waals surface area contributed by atoms with Crippen LogP contribution >= 0.6 is 0 Å². The van der Waals surface area contributed by atoms with Crippen LogP contribution in [0, 0.1) is 36.0 Å². The molecule has 1 aromatic carbocycles. The zero-order valence-corrected chi connectivity index (χ0v) is 18.3. The fourth-order valence-electron chi connectivity index (χ4n) is 4.02. The van der Waals surface area contributed by atoms with Gasteiger partial charge in [0.1, 0.15) is 0 Å². The summed E-state index contributed by atoms with van der Waals surface area (Å²) in [4.78, 5) is 12.1. The number of allylic oxidation sites excluding steroid dienone is 1. The lowest BCUT2D eigenvalue weighted by Crippen LogP contribution is -2.38. The van der Waals surface area contributed by atoms with Crippen LogP contribution in [0.3, 0.4) is 0 Å². The van der Waals surface area contributed by atoms with Gasteiger partial charge in [-0.3, -0.25) is 4.79 Å². The van der Waals surface area contributed by atoms with Crippen LogP contribution in [-0.4, -0.2) is 27.4 Å². The van der Waals surface area contributed by atoms with E-state index in [-0.39, 0.29) is 30.0 Å². The molecule has 158 valence electrons. The first-order valence-corrected chi connectivity index (χ1v) is 11.8. The van der Waals surface area contributed by atoms with Gasteiger partial charge in [-0.1, -0.05) is 61.7 Å². The predicted octanol–water partition coefficient (Wildman–Crippen LogP) is 3.10. The highest BCUT2D eigenvalue weighted by atomic mass is 32.2. The molecule has 2 N–H and O–H groups in total. The molecule has 0 heterocycles. The third-order valence-corrected chi connectivity index (χ3v) is 6.96. The number of carbonyl (C=O) groups is 1. The van der Waals surface area contributed by atoms with Gasteiger partial charge in [-0.15, -0.1) is 6.42 Å². The second kappa shape index (κ2) is 10.6. The number of sulfonamides is 1. The number of hydrogen-bond acceptors (Lipinski definition) is 3. The van der Waals surface area contributed by atoms with Gasteiger partial charge >= 0.3 is 0 Å². The normalized spacial score (nSPS) is 22.0. The zero-order valence-electron chi connectivity index (χ0n) is 17.5. The van der Waals surface area contributed by atoms with Crippen LogP contribution in [0.1, 0.15) is 39.2 Å². The summed E-state index contributed by atoms with van der Waals surface area (Å²) in [5.41, 5.74) is 1.92. The van der Waals surface area contributed by atoms with E-state index in [1.165, 1.54) is 0 Å². The fourth-order valence-corrected chi connectivity index (χ4v) is 5.20. The Labute approximate surface area is 175 Å². The first kappa shape index (κ1) is 23.2. The van der Waals surface area contributed by atoms with Gasteiger partial charge in [0.15, 0.2) is 0 Å². The van der Waals surface area contributed by atoms with E-state index in [1.807, 2.05) is 37.3 Å². The molecular formula is C23H32N2O3S. The Morgan fingerprint density at radius 1 is 1.28 bits per heavy atom. The average Bonchev–Trinajstić information content (AvgIpc) is 2.66. The van der Waals surface area contributed by atoms with Gasteiger partial charge in [-0.25, -0.2) is 13.1 Å². The van der Waals surface area contributed by atoms with Crippen molar-refractivity contribution >= 4 is 15.9 Å². The molecule has 0 aliphatic heterocycles. The van der Waals surface area contributed by atoms with E-state index < -0.39 is 10.0 Å². The molecule has 6 heteroatoms. The number of benzene rings is 1. The first-order chi connectivity index (χ1) is 13.7. The van der Waals surface area contributed by atoms with Crippen LogP contribution in [0.15, 0.2) is 42.0 Å². The SMILES string of the molecule is C#CCNC(=O)C[C@@H]1C[C@@H](C(C)C)[C@H](CNS(=O)(=O)Cc2ccccc2)C=C1C. The van der Waals surface area contributed by atoms with Crippen molar-refractivity contribution in [3.63, 3.8) is 0 Å².